The van der Waals surface area contributed by atoms with Gasteiger partial charge in [-0.3, -0.25) is 0 Å². The molecule has 1 heterocycles. The average molecular weight is 226 g/mol. The van der Waals surface area contributed by atoms with Crippen LogP contribution in [0.5, 0.6) is 0 Å². The highest BCUT2D eigenvalue weighted by molar-refractivity contribution is 5.42. The van der Waals surface area contributed by atoms with Crippen molar-refractivity contribution in [3.05, 3.63) is 53.3 Å². The number of rotatable bonds is 3. The Hall–Kier alpha value is -2.05. The lowest BCUT2D eigenvalue weighted by Gasteiger charge is -2.05. The molecule has 17 heavy (non-hydrogen) atoms. The summed E-state index contributed by atoms with van der Waals surface area (Å²) in [5, 5.41) is 18.1. The Balaban J connectivity index is 2.44. The van der Waals surface area contributed by atoms with E-state index in [0.29, 0.717) is 5.69 Å². The average Bonchev–Trinajstić information content (AvgIpc) is 2.82. The Morgan fingerprint density at radius 1 is 1.24 bits per heavy atom. The Morgan fingerprint density at radius 2 is 1.94 bits per heavy atom. The molecule has 0 aliphatic carbocycles. The maximum absolute atomic E-state index is 9.08. The minimum atomic E-state index is 0.0390. The normalized spacial score (nSPS) is 10.2. The van der Waals surface area contributed by atoms with Crippen LogP contribution in [0.3, 0.4) is 0 Å². The molecule has 0 aliphatic rings. The summed E-state index contributed by atoms with van der Waals surface area (Å²) < 4.78 is 1.87. The summed E-state index contributed by atoms with van der Waals surface area (Å²) in [6, 6.07) is 11.6. The Morgan fingerprint density at radius 3 is 2.47 bits per heavy atom. The highest BCUT2D eigenvalue weighted by Crippen LogP contribution is 2.16. The summed E-state index contributed by atoms with van der Waals surface area (Å²) in [6.45, 7) is 2.10. The molecule has 86 valence electrons. The number of aromatic nitrogens is 1. The second-order valence-corrected chi connectivity index (χ2v) is 3.89. The first-order chi connectivity index (χ1) is 8.28. The Bertz CT molecular complexity index is 547. The molecule has 0 bridgehead atoms. The lowest BCUT2D eigenvalue weighted by Crippen LogP contribution is -1.95. The molecule has 1 aromatic heterocycles. The summed E-state index contributed by atoms with van der Waals surface area (Å²) in [6.07, 6.45) is 2.89. The van der Waals surface area contributed by atoms with Crippen LogP contribution in [0.2, 0.25) is 0 Å². The van der Waals surface area contributed by atoms with Gasteiger partial charge >= 0.3 is 0 Å². The highest BCUT2D eigenvalue weighted by atomic mass is 16.3. The summed E-state index contributed by atoms with van der Waals surface area (Å²) in [7, 11) is 0. The van der Waals surface area contributed by atoms with Crippen LogP contribution in [0.4, 0.5) is 0 Å². The van der Waals surface area contributed by atoms with Crippen molar-refractivity contribution in [2.45, 2.75) is 20.0 Å². The number of hydrogen-bond donors (Lipinski definition) is 1. The number of nitriles is 1. The SMILES string of the molecule is CCc1cc(C#N)n(-c2ccc(CO)cc2)c1. The Labute approximate surface area is 101 Å². The van der Waals surface area contributed by atoms with Crippen LogP contribution in [0, 0.1) is 11.3 Å². The summed E-state index contributed by atoms with van der Waals surface area (Å²) in [4.78, 5) is 0. The molecule has 0 unspecified atom stereocenters. The van der Waals surface area contributed by atoms with Crippen LogP contribution < -0.4 is 0 Å². The minimum absolute atomic E-state index is 0.0390. The first-order valence-corrected chi connectivity index (χ1v) is 5.60. The second kappa shape index (κ2) is 4.86. The van der Waals surface area contributed by atoms with E-state index in [0.717, 1.165) is 23.2 Å². The van der Waals surface area contributed by atoms with E-state index in [1.165, 1.54) is 0 Å². The molecular weight excluding hydrogens is 212 g/mol. The van der Waals surface area contributed by atoms with Gasteiger partial charge in [0.2, 0.25) is 0 Å². The van der Waals surface area contributed by atoms with E-state index in [-0.39, 0.29) is 6.61 Å². The molecule has 0 atom stereocenters. The van der Waals surface area contributed by atoms with Crippen LogP contribution in [0.1, 0.15) is 23.7 Å². The van der Waals surface area contributed by atoms with Gasteiger partial charge in [0.1, 0.15) is 11.8 Å². The van der Waals surface area contributed by atoms with Crippen molar-refractivity contribution in [1.82, 2.24) is 4.57 Å². The zero-order valence-electron chi connectivity index (χ0n) is 9.72. The molecule has 0 saturated heterocycles. The smallest absolute Gasteiger partial charge is 0.125 e. The van der Waals surface area contributed by atoms with Gasteiger partial charge in [-0.1, -0.05) is 19.1 Å². The molecule has 0 fully saturated rings. The first-order valence-electron chi connectivity index (χ1n) is 5.60. The molecule has 0 radical (unpaired) electrons. The molecule has 0 spiro atoms. The first kappa shape index (κ1) is 11.4. The number of aliphatic hydroxyl groups is 1. The number of aryl methyl sites for hydroxylation is 1. The van der Waals surface area contributed by atoms with Gasteiger partial charge in [0.15, 0.2) is 0 Å². The van der Waals surface area contributed by atoms with Gasteiger partial charge in [-0.15, -0.1) is 0 Å². The summed E-state index contributed by atoms with van der Waals surface area (Å²) in [5.74, 6) is 0. The van der Waals surface area contributed by atoms with Gasteiger partial charge in [-0.25, -0.2) is 0 Å². The van der Waals surface area contributed by atoms with Crippen molar-refractivity contribution in [1.29, 1.82) is 5.26 Å². The number of benzene rings is 1. The van der Waals surface area contributed by atoms with Gasteiger partial charge in [-0.2, -0.15) is 5.26 Å². The maximum atomic E-state index is 9.08. The minimum Gasteiger partial charge on any atom is -0.392 e. The molecule has 2 rings (SSSR count). The van der Waals surface area contributed by atoms with Crippen molar-refractivity contribution in [3.63, 3.8) is 0 Å². The van der Waals surface area contributed by atoms with Gasteiger partial charge in [0.05, 0.1) is 6.61 Å². The van der Waals surface area contributed by atoms with Gasteiger partial charge < -0.3 is 9.67 Å². The largest absolute Gasteiger partial charge is 0.392 e. The lowest BCUT2D eigenvalue weighted by atomic mass is 10.2. The van der Waals surface area contributed by atoms with E-state index in [1.807, 2.05) is 41.1 Å². The van der Waals surface area contributed by atoms with Crippen LogP contribution in [0.25, 0.3) is 5.69 Å². The van der Waals surface area contributed by atoms with Crippen molar-refractivity contribution in [2.24, 2.45) is 0 Å². The van der Waals surface area contributed by atoms with Gasteiger partial charge in [0.25, 0.3) is 0 Å². The third kappa shape index (κ3) is 2.22. The lowest BCUT2D eigenvalue weighted by molar-refractivity contribution is 0.282. The molecule has 1 aromatic carbocycles. The van der Waals surface area contributed by atoms with E-state index in [1.54, 1.807) is 0 Å². The topological polar surface area (TPSA) is 49.0 Å². The monoisotopic (exact) mass is 226 g/mol. The molecule has 1 N–H and O–H groups in total. The van der Waals surface area contributed by atoms with Crippen molar-refractivity contribution in [3.8, 4) is 11.8 Å². The summed E-state index contributed by atoms with van der Waals surface area (Å²) >= 11 is 0. The van der Waals surface area contributed by atoms with Crippen molar-refractivity contribution < 1.29 is 5.11 Å². The molecule has 2 aromatic rings. The Kier molecular flexibility index (Phi) is 3.27. The van der Waals surface area contributed by atoms with Crippen LogP contribution in [-0.2, 0) is 13.0 Å². The molecule has 3 heteroatoms. The van der Waals surface area contributed by atoms with Gasteiger partial charge in [-0.05, 0) is 35.7 Å². The molecule has 3 nitrogen and oxygen atoms in total. The number of aliphatic hydroxyl groups excluding tert-OH is 1. The predicted molar refractivity (Wildman–Crippen MR) is 65.8 cm³/mol. The van der Waals surface area contributed by atoms with Crippen LogP contribution in [0.15, 0.2) is 36.5 Å². The van der Waals surface area contributed by atoms with Crippen molar-refractivity contribution in [2.75, 3.05) is 0 Å². The van der Waals surface area contributed by atoms with E-state index in [9.17, 15) is 0 Å². The van der Waals surface area contributed by atoms with Crippen molar-refractivity contribution >= 4 is 0 Å². The fraction of sp³-hybridized carbons (Fsp3) is 0.214. The van der Waals surface area contributed by atoms with Crippen LogP contribution in [-0.4, -0.2) is 9.67 Å². The molecule has 0 aliphatic heterocycles. The fourth-order valence-electron chi connectivity index (χ4n) is 1.77. The second-order valence-electron chi connectivity index (χ2n) is 3.89. The predicted octanol–water partition coefficient (Wildman–Crippen LogP) is 2.40. The standard InChI is InChI=1S/C14H14N2O/c1-2-11-7-14(8-15)16(9-11)13-5-3-12(10-17)4-6-13/h3-7,9,17H,2,10H2,1H3. The third-order valence-electron chi connectivity index (χ3n) is 2.80. The highest BCUT2D eigenvalue weighted by Gasteiger charge is 2.06. The van der Waals surface area contributed by atoms with Gasteiger partial charge in [0, 0.05) is 11.9 Å². The number of hydrogen-bond acceptors (Lipinski definition) is 2. The van der Waals surface area contributed by atoms with E-state index < -0.39 is 0 Å². The van der Waals surface area contributed by atoms with E-state index in [4.69, 9.17) is 10.4 Å². The van der Waals surface area contributed by atoms with E-state index >= 15 is 0 Å². The van der Waals surface area contributed by atoms with Crippen LogP contribution >= 0.6 is 0 Å². The quantitative estimate of drug-likeness (QED) is 0.873. The molecule has 0 amide bonds. The number of nitrogens with zero attached hydrogens (tertiary/aromatic N) is 2. The third-order valence-corrected chi connectivity index (χ3v) is 2.80. The fourth-order valence-corrected chi connectivity index (χ4v) is 1.77. The van der Waals surface area contributed by atoms with E-state index in [2.05, 4.69) is 13.0 Å². The molecule has 0 saturated carbocycles. The zero-order chi connectivity index (χ0) is 12.3. The maximum Gasteiger partial charge on any atom is 0.125 e. The molecular formula is C14H14N2O. The zero-order valence-corrected chi connectivity index (χ0v) is 9.72. The summed E-state index contributed by atoms with van der Waals surface area (Å²) in [5.41, 5.74) is 3.60.